The largest absolute Gasteiger partial charge is 0.465 e. The first-order valence-corrected chi connectivity index (χ1v) is 6.22. The zero-order chi connectivity index (χ0) is 13.0. The molecule has 1 saturated heterocycles. The zero-order valence-electron chi connectivity index (χ0n) is 10.2. The molecule has 0 aromatic heterocycles. The summed E-state index contributed by atoms with van der Waals surface area (Å²) in [4.78, 5) is 23.9. The van der Waals surface area contributed by atoms with Crippen LogP contribution in [0, 0.1) is 0 Å². The van der Waals surface area contributed by atoms with Gasteiger partial charge in [-0.25, -0.2) is 4.79 Å². The van der Waals surface area contributed by atoms with Gasteiger partial charge in [0, 0.05) is 25.4 Å². The summed E-state index contributed by atoms with van der Waals surface area (Å²) >= 11 is 0. The molecule has 1 heterocycles. The van der Waals surface area contributed by atoms with Gasteiger partial charge in [0.15, 0.2) is 0 Å². The van der Waals surface area contributed by atoms with E-state index >= 15 is 0 Å². The molecular weight excluding hydrogens is 230 g/mol. The quantitative estimate of drug-likeness (QED) is 0.891. The Labute approximate surface area is 106 Å². The van der Waals surface area contributed by atoms with Crippen LogP contribution in [0.1, 0.15) is 24.8 Å². The molecule has 0 bridgehead atoms. The minimum Gasteiger partial charge on any atom is -0.465 e. The minimum absolute atomic E-state index is 0.163. The number of benzene rings is 1. The number of ketones is 1. The number of nitrogens with zero attached hydrogens (tertiary/aromatic N) is 1. The van der Waals surface area contributed by atoms with Gasteiger partial charge >= 0.3 is 6.09 Å². The van der Waals surface area contributed by atoms with E-state index in [2.05, 4.69) is 0 Å². The standard InChI is InChI=1S/C14H17NO3/c16-13-8-9-15(14(17)18)12(10-13)7-6-11-4-2-1-3-5-11/h1-5,12H,6-10H2,(H,17,18)/t12-/m0/s1. The third kappa shape index (κ3) is 3.09. The van der Waals surface area contributed by atoms with Crippen molar-refractivity contribution in [1.29, 1.82) is 0 Å². The van der Waals surface area contributed by atoms with Crippen LogP contribution in [0.15, 0.2) is 30.3 Å². The highest BCUT2D eigenvalue weighted by molar-refractivity contribution is 5.82. The van der Waals surface area contributed by atoms with E-state index in [4.69, 9.17) is 5.11 Å². The lowest BCUT2D eigenvalue weighted by Gasteiger charge is -2.32. The van der Waals surface area contributed by atoms with Gasteiger partial charge in [0.1, 0.15) is 5.78 Å². The van der Waals surface area contributed by atoms with E-state index in [0.717, 1.165) is 6.42 Å². The van der Waals surface area contributed by atoms with Crippen LogP contribution >= 0.6 is 0 Å². The molecule has 0 saturated carbocycles. The maximum absolute atomic E-state index is 11.4. The monoisotopic (exact) mass is 247 g/mol. The maximum atomic E-state index is 11.4. The van der Waals surface area contributed by atoms with Gasteiger partial charge in [0.25, 0.3) is 0 Å². The first kappa shape index (κ1) is 12.6. The molecule has 96 valence electrons. The minimum atomic E-state index is -0.916. The van der Waals surface area contributed by atoms with Gasteiger partial charge in [-0.3, -0.25) is 4.79 Å². The summed E-state index contributed by atoms with van der Waals surface area (Å²) in [5.74, 6) is 0.172. The molecule has 1 atom stereocenters. The van der Waals surface area contributed by atoms with Gasteiger partial charge in [-0.2, -0.15) is 0 Å². The number of hydrogen-bond donors (Lipinski definition) is 1. The van der Waals surface area contributed by atoms with E-state index in [0.29, 0.717) is 25.8 Å². The number of carbonyl (C=O) groups excluding carboxylic acids is 1. The number of amides is 1. The molecular formula is C14H17NO3. The average Bonchev–Trinajstić information content (AvgIpc) is 2.37. The Bertz CT molecular complexity index is 430. The van der Waals surface area contributed by atoms with Gasteiger partial charge < -0.3 is 10.0 Å². The van der Waals surface area contributed by atoms with Crippen molar-refractivity contribution in [2.75, 3.05) is 6.54 Å². The van der Waals surface area contributed by atoms with Crippen LogP contribution in [-0.2, 0) is 11.2 Å². The Balaban J connectivity index is 1.96. The number of piperidine rings is 1. The Morgan fingerprint density at radius 1 is 1.33 bits per heavy atom. The molecule has 1 fully saturated rings. The topological polar surface area (TPSA) is 57.6 Å². The van der Waals surface area contributed by atoms with E-state index in [1.54, 1.807) is 0 Å². The first-order valence-electron chi connectivity index (χ1n) is 6.22. The molecule has 0 radical (unpaired) electrons. The summed E-state index contributed by atoms with van der Waals surface area (Å²) in [5.41, 5.74) is 1.18. The van der Waals surface area contributed by atoms with Crippen LogP contribution in [0.25, 0.3) is 0 Å². The second kappa shape index (κ2) is 5.67. The van der Waals surface area contributed by atoms with Crippen LogP contribution in [0.2, 0.25) is 0 Å². The third-order valence-corrected chi connectivity index (χ3v) is 3.39. The molecule has 1 amide bonds. The summed E-state index contributed by atoms with van der Waals surface area (Å²) in [6, 6.07) is 9.78. The van der Waals surface area contributed by atoms with E-state index in [-0.39, 0.29) is 11.8 Å². The van der Waals surface area contributed by atoms with Crippen molar-refractivity contribution in [3.05, 3.63) is 35.9 Å². The molecule has 4 nitrogen and oxygen atoms in total. The van der Waals surface area contributed by atoms with E-state index in [1.807, 2.05) is 30.3 Å². The van der Waals surface area contributed by atoms with Crippen LogP contribution in [-0.4, -0.2) is 34.5 Å². The fourth-order valence-electron chi connectivity index (χ4n) is 2.39. The van der Waals surface area contributed by atoms with E-state index < -0.39 is 6.09 Å². The Kier molecular flexibility index (Phi) is 3.97. The second-order valence-corrected chi connectivity index (χ2v) is 4.65. The van der Waals surface area contributed by atoms with Crippen LogP contribution in [0.4, 0.5) is 4.79 Å². The highest BCUT2D eigenvalue weighted by Gasteiger charge is 2.29. The molecule has 1 aliphatic rings. The summed E-state index contributed by atoms with van der Waals surface area (Å²) < 4.78 is 0. The highest BCUT2D eigenvalue weighted by Crippen LogP contribution is 2.19. The molecule has 1 aromatic rings. The number of carbonyl (C=O) groups is 2. The fraction of sp³-hybridized carbons (Fsp3) is 0.429. The summed E-state index contributed by atoms with van der Waals surface area (Å²) in [6.07, 6.45) is 1.32. The molecule has 0 unspecified atom stereocenters. The van der Waals surface area contributed by atoms with Crippen LogP contribution < -0.4 is 0 Å². The predicted molar refractivity (Wildman–Crippen MR) is 67.5 cm³/mol. The molecule has 0 aliphatic carbocycles. The van der Waals surface area contributed by atoms with Crippen molar-refractivity contribution in [1.82, 2.24) is 4.90 Å². The zero-order valence-corrected chi connectivity index (χ0v) is 10.2. The molecule has 4 heteroatoms. The number of carboxylic acid groups (broad SMARTS) is 1. The lowest BCUT2D eigenvalue weighted by atomic mass is 9.95. The normalized spacial score (nSPS) is 19.9. The number of aryl methyl sites for hydroxylation is 1. The molecule has 18 heavy (non-hydrogen) atoms. The number of Topliss-reactive ketones (excluding diaryl/α,β-unsaturated/α-hetero) is 1. The summed E-state index contributed by atoms with van der Waals surface area (Å²) in [7, 11) is 0. The van der Waals surface area contributed by atoms with Crippen LogP contribution in [0.5, 0.6) is 0 Å². The van der Waals surface area contributed by atoms with Crippen molar-refractivity contribution in [3.63, 3.8) is 0 Å². The average molecular weight is 247 g/mol. The summed E-state index contributed by atoms with van der Waals surface area (Å²) in [6.45, 7) is 0.341. The summed E-state index contributed by atoms with van der Waals surface area (Å²) in [5, 5.41) is 9.11. The molecule has 1 aromatic carbocycles. The van der Waals surface area contributed by atoms with E-state index in [9.17, 15) is 9.59 Å². The van der Waals surface area contributed by atoms with Crippen LogP contribution in [0.3, 0.4) is 0 Å². The third-order valence-electron chi connectivity index (χ3n) is 3.39. The van der Waals surface area contributed by atoms with Crippen molar-refractivity contribution >= 4 is 11.9 Å². The van der Waals surface area contributed by atoms with Crippen molar-refractivity contribution in [2.45, 2.75) is 31.7 Å². The van der Waals surface area contributed by atoms with Crippen molar-refractivity contribution < 1.29 is 14.7 Å². The van der Waals surface area contributed by atoms with Gasteiger partial charge in [-0.05, 0) is 18.4 Å². The number of rotatable bonds is 3. The first-order chi connectivity index (χ1) is 8.66. The smallest absolute Gasteiger partial charge is 0.407 e. The lowest BCUT2D eigenvalue weighted by Crippen LogP contribution is -2.45. The van der Waals surface area contributed by atoms with E-state index in [1.165, 1.54) is 10.5 Å². The van der Waals surface area contributed by atoms with Gasteiger partial charge in [0.05, 0.1) is 0 Å². The van der Waals surface area contributed by atoms with Gasteiger partial charge in [-0.1, -0.05) is 30.3 Å². The molecule has 2 rings (SSSR count). The Morgan fingerprint density at radius 2 is 2.06 bits per heavy atom. The molecule has 1 N–H and O–H groups in total. The Morgan fingerprint density at radius 3 is 2.72 bits per heavy atom. The molecule has 1 aliphatic heterocycles. The fourth-order valence-corrected chi connectivity index (χ4v) is 2.39. The van der Waals surface area contributed by atoms with Gasteiger partial charge in [-0.15, -0.1) is 0 Å². The maximum Gasteiger partial charge on any atom is 0.407 e. The van der Waals surface area contributed by atoms with Crippen molar-refractivity contribution in [2.24, 2.45) is 0 Å². The number of hydrogen-bond acceptors (Lipinski definition) is 2. The second-order valence-electron chi connectivity index (χ2n) is 4.65. The lowest BCUT2D eigenvalue weighted by molar-refractivity contribution is -0.122. The number of likely N-dealkylation sites (tertiary alicyclic amines) is 1. The molecule has 0 spiro atoms. The Hall–Kier alpha value is -1.84. The van der Waals surface area contributed by atoms with Crippen molar-refractivity contribution in [3.8, 4) is 0 Å². The highest BCUT2D eigenvalue weighted by atomic mass is 16.4. The van der Waals surface area contributed by atoms with Gasteiger partial charge in [0.2, 0.25) is 0 Å². The predicted octanol–water partition coefficient (Wildman–Crippen LogP) is 2.33. The SMILES string of the molecule is O=C1CCN(C(=O)O)[C@@H](CCc2ccccc2)C1.